The summed E-state index contributed by atoms with van der Waals surface area (Å²) in [5.41, 5.74) is 1.04. The molecule has 2 rings (SSSR count). The van der Waals surface area contributed by atoms with E-state index in [1.54, 1.807) is 7.05 Å². The Bertz CT molecular complexity index is 426. The molecular weight excluding hydrogens is 270 g/mol. The lowest BCUT2D eigenvalue weighted by molar-refractivity contribution is -0.146. The molecule has 1 aromatic carbocycles. The van der Waals surface area contributed by atoms with E-state index in [1.807, 2.05) is 24.3 Å². The fourth-order valence-corrected chi connectivity index (χ4v) is 2.54. The van der Waals surface area contributed by atoms with E-state index in [2.05, 4.69) is 15.9 Å². The first-order valence-corrected chi connectivity index (χ1v) is 5.92. The van der Waals surface area contributed by atoms with Crippen LogP contribution in [0.2, 0.25) is 0 Å². The minimum Gasteiger partial charge on any atom is -0.286 e. The summed E-state index contributed by atoms with van der Waals surface area (Å²) in [4.78, 5) is 24.4. The van der Waals surface area contributed by atoms with Crippen molar-refractivity contribution in [3.8, 4) is 0 Å². The normalized spacial score (nSPS) is 18.0. The largest absolute Gasteiger partial charge is 0.286 e. The molecular formula is C12H12BrNO2. The minimum atomic E-state index is -0.1000. The number of rotatable bonds is 1. The van der Waals surface area contributed by atoms with Crippen LogP contribution in [0.4, 0.5) is 0 Å². The molecule has 1 aliphatic heterocycles. The molecule has 0 N–H and O–H groups in total. The van der Waals surface area contributed by atoms with Gasteiger partial charge in [0.25, 0.3) is 0 Å². The van der Waals surface area contributed by atoms with Crippen molar-refractivity contribution in [2.75, 3.05) is 7.05 Å². The number of hydrogen-bond acceptors (Lipinski definition) is 2. The number of carbonyl (C=O) groups is 2. The average molecular weight is 282 g/mol. The van der Waals surface area contributed by atoms with E-state index in [-0.39, 0.29) is 17.7 Å². The van der Waals surface area contributed by atoms with Crippen LogP contribution in [0.25, 0.3) is 0 Å². The third-order valence-electron chi connectivity index (χ3n) is 2.94. The molecule has 1 aliphatic rings. The molecule has 0 radical (unpaired) electrons. The summed E-state index contributed by atoms with van der Waals surface area (Å²) in [6.45, 7) is 0. The Kier molecular flexibility index (Phi) is 3.10. The second-order valence-electron chi connectivity index (χ2n) is 3.97. The first-order valence-electron chi connectivity index (χ1n) is 5.13. The van der Waals surface area contributed by atoms with Gasteiger partial charge in [0.2, 0.25) is 11.8 Å². The summed E-state index contributed by atoms with van der Waals surface area (Å²) in [7, 11) is 1.54. The van der Waals surface area contributed by atoms with Gasteiger partial charge in [0.1, 0.15) is 0 Å². The second kappa shape index (κ2) is 4.37. The van der Waals surface area contributed by atoms with E-state index in [0.717, 1.165) is 10.0 Å². The van der Waals surface area contributed by atoms with Gasteiger partial charge >= 0.3 is 0 Å². The highest BCUT2D eigenvalue weighted by molar-refractivity contribution is 9.10. The number of piperidine rings is 1. The Morgan fingerprint density at radius 1 is 1.19 bits per heavy atom. The standard InChI is InChI=1S/C12H12BrNO2/c1-14-11(15)6-8(7-12(14)16)9-4-2-3-5-10(9)13/h2-5,8H,6-7H2,1H3. The van der Waals surface area contributed by atoms with Gasteiger partial charge in [0, 0.05) is 30.3 Å². The molecule has 0 unspecified atom stereocenters. The summed E-state index contributed by atoms with van der Waals surface area (Å²) in [5.74, 6) is -0.194. The predicted molar refractivity (Wildman–Crippen MR) is 63.9 cm³/mol. The first kappa shape index (κ1) is 11.3. The molecule has 2 amide bonds. The van der Waals surface area contributed by atoms with Gasteiger partial charge in [-0.1, -0.05) is 34.1 Å². The molecule has 0 spiro atoms. The lowest BCUT2D eigenvalue weighted by atomic mass is 9.89. The molecule has 3 nitrogen and oxygen atoms in total. The Hall–Kier alpha value is -1.16. The van der Waals surface area contributed by atoms with Crippen molar-refractivity contribution in [3.63, 3.8) is 0 Å². The molecule has 0 aromatic heterocycles. The second-order valence-corrected chi connectivity index (χ2v) is 4.83. The maximum absolute atomic E-state index is 11.6. The van der Waals surface area contributed by atoms with Crippen molar-refractivity contribution in [2.24, 2.45) is 0 Å². The zero-order valence-electron chi connectivity index (χ0n) is 8.94. The molecule has 0 aliphatic carbocycles. The van der Waals surface area contributed by atoms with Crippen molar-refractivity contribution in [2.45, 2.75) is 18.8 Å². The zero-order valence-corrected chi connectivity index (χ0v) is 10.5. The van der Waals surface area contributed by atoms with Crippen LogP contribution in [0.5, 0.6) is 0 Å². The number of halogens is 1. The topological polar surface area (TPSA) is 37.4 Å². The Morgan fingerprint density at radius 2 is 1.75 bits per heavy atom. The quantitative estimate of drug-likeness (QED) is 0.741. The van der Waals surface area contributed by atoms with Crippen LogP contribution in [0.1, 0.15) is 24.3 Å². The van der Waals surface area contributed by atoms with Crippen LogP contribution in [0.15, 0.2) is 28.7 Å². The maximum atomic E-state index is 11.6. The number of likely N-dealkylation sites (tertiary alicyclic amines) is 1. The van der Waals surface area contributed by atoms with E-state index in [4.69, 9.17) is 0 Å². The zero-order chi connectivity index (χ0) is 11.7. The molecule has 1 heterocycles. The van der Waals surface area contributed by atoms with E-state index in [0.29, 0.717) is 12.8 Å². The molecule has 4 heteroatoms. The van der Waals surface area contributed by atoms with Crippen LogP contribution in [-0.2, 0) is 9.59 Å². The monoisotopic (exact) mass is 281 g/mol. The Morgan fingerprint density at radius 3 is 2.31 bits per heavy atom. The van der Waals surface area contributed by atoms with Crippen LogP contribution in [0.3, 0.4) is 0 Å². The molecule has 1 saturated heterocycles. The van der Waals surface area contributed by atoms with Gasteiger partial charge in [0.15, 0.2) is 0 Å². The van der Waals surface area contributed by atoms with E-state index in [1.165, 1.54) is 4.90 Å². The molecule has 0 bridgehead atoms. The number of hydrogen-bond donors (Lipinski definition) is 0. The molecule has 1 aromatic rings. The summed E-state index contributed by atoms with van der Waals surface area (Å²) < 4.78 is 0.963. The fourth-order valence-electron chi connectivity index (χ4n) is 1.93. The van der Waals surface area contributed by atoms with Gasteiger partial charge in [-0.05, 0) is 11.6 Å². The van der Waals surface area contributed by atoms with Gasteiger partial charge in [-0.3, -0.25) is 14.5 Å². The van der Waals surface area contributed by atoms with Crippen molar-refractivity contribution in [1.82, 2.24) is 4.90 Å². The smallest absolute Gasteiger partial charge is 0.229 e. The van der Waals surface area contributed by atoms with E-state index < -0.39 is 0 Å². The van der Waals surface area contributed by atoms with Crippen LogP contribution in [-0.4, -0.2) is 23.8 Å². The number of carbonyl (C=O) groups excluding carboxylic acids is 2. The van der Waals surface area contributed by atoms with Gasteiger partial charge in [-0.25, -0.2) is 0 Å². The SMILES string of the molecule is CN1C(=O)CC(c2ccccc2Br)CC1=O. The number of imide groups is 1. The minimum absolute atomic E-state index is 0.00627. The summed E-state index contributed by atoms with van der Waals surface area (Å²) in [6.07, 6.45) is 0.815. The highest BCUT2D eigenvalue weighted by Gasteiger charge is 2.31. The lowest BCUT2D eigenvalue weighted by Crippen LogP contribution is -2.39. The summed E-state index contributed by atoms with van der Waals surface area (Å²) in [6, 6.07) is 7.74. The van der Waals surface area contributed by atoms with Gasteiger partial charge in [-0.2, -0.15) is 0 Å². The number of nitrogens with zero attached hydrogens (tertiary/aromatic N) is 1. The van der Waals surface area contributed by atoms with Crippen LogP contribution < -0.4 is 0 Å². The molecule has 1 fully saturated rings. The summed E-state index contributed by atoms with van der Waals surface area (Å²) >= 11 is 3.45. The highest BCUT2D eigenvalue weighted by atomic mass is 79.9. The van der Waals surface area contributed by atoms with Crippen LogP contribution in [0, 0.1) is 0 Å². The predicted octanol–water partition coefficient (Wildman–Crippen LogP) is 2.31. The maximum Gasteiger partial charge on any atom is 0.229 e. The fraction of sp³-hybridized carbons (Fsp3) is 0.333. The molecule has 84 valence electrons. The lowest BCUT2D eigenvalue weighted by Gasteiger charge is -2.27. The van der Waals surface area contributed by atoms with Crippen molar-refractivity contribution in [3.05, 3.63) is 34.3 Å². The van der Waals surface area contributed by atoms with Gasteiger partial charge in [-0.15, -0.1) is 0 Å². The highest BCUT2D eigenvalue weighted by Crippen LogP contribution is 2.33. The van der Waals surface area contributed by atoms with E-state index >= 15 is 0 Å². The molecule has 0 saturated carbocycles. The van der Waals surface area contributed by atoms with Crippen LogP contribution >= 0.6 is 15.9 Å². The Balaban J connectivity index is 2.27. The Labute approximate surface area is 103 Å². The van der Waals surface area contributed by atoms with Gasteiger partial charge < -0.3 is 0 Å². The van der Waals surface area contributed by atoms with Crippen molar-refractivity contribution in [1.29, 1.82) is 0 Å². The third kappa shape index (κ3) is 2.02. The first-order chi connectivity index (χ1) is 7.59. The summed E-state index contributed by atoms with van der Waals surface area (Å²) in [5, 5.41) is 0. The van der Waals surface area contributed by atoms with E-state index in [9.17, 15) is 9.59 Å². The van der Waals surface area contributed by atoms with Gasteiger partial charge in [0.05, 0.1) is 0 Å². The number of benzene rings is 1. The number of amides is 2. The average Bonchev–Trinajstić information content (AvgIpc) is 2.26. The van der Waals surface area contributed by atoms with Crippen molar-refractivity contribution < 1.29 is 9.59 Å². The van der Waals surface area contributed by atoms with Crippen molar-refractivity contribution >= 4 is 27.7 Å². The molecule has 16 heavy (non-hydrogen) atoms. The third-order valence-corrected chi connectivity index (χ3v) is 3.66. The molecule has 0 atom stereocenters.